The van der Waals surface area contributed by atoms with Gasteiger partial charge in [0.25, 0.3) is 0 Å². The van der Waals surface area contributed by atoms with Crippen LogP contribution in [0.3, 0.4) is 0 Å². The van der Waals surface area contributed by atoms with Gasteiger partial charge in [-0.25, -0.2) is 0 Å². The van der Waals surface area contributed by atoms with Gasteiger partial charge in [0.15, 0.2) is 11.8 Å². The van der Waals surface area contributed by atoms with Crippen LogP contribution >= 0.6 is 0 Å². The molecule has 6 nitrogen and oxygen atoms in total. The summed E-state index contributed by atoms with van der Waals surface area (Å²) >= 11 is 0. The first-order valence-electron chi connectivity index (χ1n) is 4.30. The van der Waals surface area contributed by atoms with Crippen LogP contribution in [0.25, 0.3) is 11.0 Å². The Labute approximate surface area is 85.9 Å². The fourth-order valence-electron chi connectivity index (χ4n) is 1.12. The van der Waals surface area contributed by atoms with E-state index >= 15 is 0 Å². The Morgan fingerprint density at radius 1 is 1.60 bits per heavy atom. The van der Waals surface area contributed by atoms with E-state index in [-0.39, 0.29) is 12.1 Å². The normalized spacial score (nSPS) is 12.3. The molecule has 15 heavy (non-hydrogen) atoms. The van der Waals surface area contributed by atoms with E-state index in [0.717, 1.165) is 0 Å². The van der Waals surface area contributed by atoms with Crippen molar-refractivity contribution in [2.24, 2.45) is 0 Å². The van der Waals surface area contributed by atoms with Crippen molar-refractivity contribution in [3.05, 3.63) is 6.20 Å². The molecule has 6 heteroatoms. The van der Waals surface area contributed by atoms with Crippen molar-refractivity contribution in [1.29, 1.82) is 0 Å². The lowest BCUT2D eigenvalue weighted by atomic mass is 10.4. The Morgan fingerprint density at radius 3 is 3.13 bits per heavy atom. The van der Waals surface area contributed by atoms with Gasteiger partial charge in [-0.2, -0.15) is 15.1 Å². The molecule has 2 aromatic heterocycles. The summed E-state index contributed by atoms with van der Waals surface area (Å²) in [6.45, 7) is 1.74. The van der Waals surface area contributed by atoms with Crippen molar-refractivity contribution in [3.63, 3.8) is 0 Å². The fraction of sp³-hybridized carbons (Fsp3) is 0.222. The number of rotatable bonds is 2. The van der Waals surface area contributed by atoms with Crippen LogP contribution in [-0.4, -0.2) is 26.3 Å². The Bertz CT molecular complexity index is 527. The quantitative estimate of drug-likeness (QED) is 0.687. The van der Waals surface area contributed by atoms with E-state index in [0.29, 0.717) is 16.9 Å². The summed E-state index contributed by atoms with van der Waals surface area (Å²) in [6, 6.07) is 0. The highest BCUT2D eigenvalue weighted by Crippen LogP contribution is 2.21. The number of aromatic amines is 1. The van der Waals surface area contributed by atoms with Gasteiger partial charge in [0.2, 0.25) is 11.8 Å². The minimum Gasteiger partial charge on any atom is -0.461 e. The lowest BCUT2D eigenvalue weighted by Gasteiger charge is -2.08. The van der Waals surface area contributed by atoms with Gasteiger partial charge in [-0.3, -0.25) is 5.10 Å². The molecule has 0 saturated heterocycles. The third-order valence-electron chi connectivity index (χ3n) is 1.82. The summed E-state index contributed by atoms with van der Waals surface area (Å²) in [5.74, 6) is 2.90. The number of nitrogen functional groups attached to an aromatic ring is 1. The van der Waals surface area contributed by atoms with Crippen LogP contribution in [0.15, 0.2) is 6.20 Å². The van der Waals surface area contributed by atoms with Crippen LogP contribution in [0, 0.1) is 12.3 Å². The standard InChI is InChI=1S/C9H9N5O/c1-3-5(2)15-8-6-4-11-14-7(6)12-9(10)13-8/h1,4-5H,2H3,(H3,10,11,12,13,14). The summed E-state index contributed by atoms with van der Waals surface area (Å²) in [5, 5.41) is 7.16. The number of hydrogen-bond donors (Lipinski definition) is 2. The molecule has 0 fully saturated rings. The molecular formula is C9H9N5O. The second-order valence-corrected chi connectivity index (χ2v) is 2.95. The topological polar surface area (TPSA) is 89.7 Å². The summed E-state index contributed by atoms with van der Waals surface area (Å²) in [6.07, 6.45) is 6.39. The molecule has 0 bridgehead atoms. The number of nitrogens with one attached hydrogen (secondary N) is 1. The van der Waals surface area contributed by atoms with Gasteiger partial charge in [0, 0.05) is 0 Å². The third-order valence-corrected chi connectivity index (χ3v) is 1.82. The highest BCUT2D eigenvalue weighted by atomic mass is 16.5. The van der Waals surface area contributed by atoms with E-state index in [1.165, 1.54) is 0 Å². The molecule has 0 spiro atoms. The number of aromatic nitrogens is 4. The van der Waals surface area contributed by atoms with Crippen LogP contribution in [0.1, 0.15) is 6.92 Å². The first-order chi connectivity index (χ1) is 7.20. The number of ether oxygens (including phenoxy) is 1. The predicted octanol–water partition coefficient (Wildman–Crippen LogP) is 0.336. The van der Waals surface area contributed by atoms with Crippen LogP contribution in [-0.2, 0) is 0 Å². The van der Waals surface area contributed by atoms with Crippen LogP contribution in [0.4, 0.5) is 5.95 Å². The number of anilines is 1. The first kappa shape index (κ1) is 9.27. The van der Waals surface area contributed by atoms with E-state index in [4.69, 9.17) is 16.9 Å². The number of nitrogens with zero attached hydrogens (tertiary/aromatic N) is 3. The number of terminal acetylenes is 1. The number of nitrogens with two attached hydrogens (primary N) is 1. The van der Waals surface area contributed by atoms with E-state index in [9.17, 15) is 0 Å². The molecule has 3 N–H and O–H groups in total. The zero-order chi connectivity index (χ0) is 10.8. The molecule has 0 aliphatic carbocycles. The van der Waals surface area contributed by atoms with Crippen molar-refractivity contribution >= 4 is 17.0 Å². The van der Waals surface area contributed by atoms with E-state index in [1.807, 2.05) is 0 Å². The van der Waals surface area contributed by atoms with Crippen LogP contribution in [0.2, 0.25) is 0 Å². The maximum absolute atomic E-state index is 5.50. The summed E-state index contributed by atoms with van der Waals surface area (Å²) in [5.41, 5.74) is 6.03. The zero-order valence-corrected chi connectivity index (χ0v) is 8.06. The second-order valence-electron chi connectivity index (χ2n) is 2.95. The minimum absolute atomic E-state index is 0.117. The largest absolute Gasteiger partial charge is 0.461 e. The molecule has 2 heterocycles. The number of hydrogen-bond acceptors (Lipinski definition) is 5. The number of H-pyrrole nitrogens is 1. The highest BCUT2D eigenvalue weighted by molar-refractivity contribution is 5.80. The third kappa shape index (κ3) is 1.67. The Kier molecular flexibility index (Phi) is 2.14. The zero-order valence-electron chi connectivity index (χ0n) is 8.06. The van der Waals surface area contributed by atoms with E-state index in [2.05, 4.69) is 26.1 Å². The van der Waals surface area contributed by atoms with Crippen molar-refractivity contribution < 1.29 is 4.74 Å². The average molecular weight is 203 g/mol. The highest BCUT2D eigenvalue weighted by Gasteiger charge is 2.10. The summed E-state index contributed by atoms with van der Waals surface area (Å²) < 4.78 is 5.39. The summed E-state index contributed by atoms with van der Waals surface area (Å²) in [7, 11) is 0. The van der Waals surface area contributed by atoms with Crippen LogP contribution in [0.5, 0.6) is 5.88 Å². The van der Waals surface area contributed by atoms with Crippen molar-refractivity contribution in [3.8, 4) is 18.2 Å². The smallest absolute Gasteiger partial charge is 0.230 e. The van der Waals surface area contributed by atoms with Crippen molar-refractivity contribution in [1.82, 2.24) is 20.2 Å². The minimum atomic E-state index is -0.377. The molecule has 0 aromatic carbocycles. The van der Waals surface area contributed by atoms with E-state index in [1.54, 1.807) is 13.1 Å². The maximum Gasteiger partial charge on any atom is 0.230 e. The predicted molar refractivity (Wildman–Crippen MR) is 55.0 cm³/mol. The average Bonchev–Trinajstić information content (AvgIpc) is 2.65. The molecule has 0 saturated carbocycles. The van der Waals surface area contributed by atoms with Gasteiger partial charge in [0.1, 0.15) is 5.39 Å². The van der Waals surface area contributed by atoms with Gasteiger partial charge in [0.05, 0.1) is 6.20 Å². The number of fused-ring (bicyclic) bond motifs is 1. The molecule has 2 aromatic rings. The van der Waals surface area contributed by atoms with Gasteiger partial charge in [-0.15, -0.1) is 6.42 Å². The fourth-order valence-corrected chi connectivity index (χ4v) is 1.12. The van der Waals surface area contributed by atoms with Crippen LogP contribution < -0.4 is 10.5 Å². The molecule has 1 unspecified atom stereocenters. The Morgan fingerprint density at radius 2 is 2.40 bits per heavy atom. The van der Waals surface area contributed by atoms with Gasteiger partial charge in [-0.1, -0.05) is 5.92 Å². The molecule has 0 aliphatic rings. The molecular weight excluding hydrogens is 194 g/mol. The lowest BCUT2D eigenvalue weighted by Crippen LogP contribution is -2.10. The monoisotopic (exact) mass is 203 g/mol. The second kappa shape index (κ2) is 3.46. The SMILES string of the molecule is C#CC(C)Oc1nc(N)nc2[nH]ncc12. The Balaban J connectivity index is 2.49. The lowest BCUT2D eigenvalue weighted by molar-refractivity contribution is 0.272. The van der Waals surface area contributed by atoms with Crippen molar-refractivity contribution in [2.75, 3.05) is 5.73 Å². The van der Waals surface area contributed by atoms with Gasteiger partial charge < -0.3 is 10.5 Å². The van der Waals surface area contributed by atoms with Gasteiger partial charge in [-0.05, 0) is 6.92 Å². The molecule has 1 atom stereocenters. The molecule has 0 aliphatic heterocycles. The van der Waals surface area contributed by atoms with Gasteiger partial charge >= 0.3 is 0 Å². The Hall–Kier alpha value is -2.29. The maximum atomic E-state index is 5.50. The molecule has 0 radical (unpaired) electrons. The first-order valence-corrected chi connectivity index (χ1v) is 4.30. The van der Waals surface area contributed by atoms with E-state index < -0.39 is 0 Å². The van der Waals surface area contributed by atoms with Crippen molar-refractivity contribution in [2.45, 2.75) is 13.0 Å². The summed E-state index contributed by atoms with van der Waals surface area (Å²) in [4.78, 5) is 7.90. The molecule has 2 rings (SSSR count). The molecule has 76 valence electrons. The molecule has 0 amide bonds.